The molecule has 1 amide bonds. The number of hydrogen-bond acceptors (Lipinski definition) is 3. The number of rotatable bonds is 4. The van der Waals surface area contributed by atoms with Gasteiger partial charge in [0.05, 0.1) is 5.03 Å². The molecule has 23 heavy (non-hydrogen) atoms. The number of thioether (sulfide) groups is 1. The normalized spacial score (nSPS) is 19.3. The van der Waals surface area contributed by atoms with Crippen LogP contribution in [0.2, 0.25) is 0 Å². The molecule has 116 valence electrons. The molecular formula is C19H17NO2S. The molecule has 0 spiro atoms. The molecule has 0 bridgehead atoms. The van der Waals surface area contributed by atoms with Crippen molar-refractivity contribution in [3.63, 3.8) is 0 Å². The minimum absolute atomic E-state index is 0.0115. The van der Waals surface area contributed by atoms with Crippen LogP contribution in [0.15, 0.2) is 71.8 Å². The Morgan fingerprint density at radius 1 is 1.09 bits per heavy atom. The summed E-state index contributed by atoms with van der Waals surface area (Å²) in [6.07, 6.45) is 2.01. The van der Waals surface area contributed by atoms with Gasteiger partial charge in [0.2, 0.25) is 5.91 Å². The van der Waals surface area contributed by atoms with E-state index in [1.165, 1.54) is 11.8 Å². The van der Waals surface area contributed by atoms with E-state index in [-0.39, 0.29) is 16.9 Å². The molecule has 2 aromatic carbocycles. The third-order valence-electron chi connectivity index (χ3n) is 3.65. The van der Waals surface area contributed by atoms with Crippen LogP contribution in [0.1, 0.15) is 24.2 Å². The predicted molar refractivity (Wildman–Crippen MR) is 94.1 cm³/mol. The molecule has 0 saturated carbocycles. The highest BCUT2D eigenvalue weighted by Crippen LogP contribution is 2.46. The second-order valence-electron chi connectivity index (χ2n) is 5.22. The number of hydrogen-bond donors (Lipinski definition) is 0. The third-order valence-corrected chi connectivity index (χ3v) is 4.90. The summed E-state index contributed by atoms with van der Waals surface area (Å²) in [6.45, 7) is 1.82. The lowest BCUT2D eigenvalue weighted by atomic mass is 10.1. The quantitative estimate of drug-likeness (QED) is 0.786. The van der Waals surface area contributed by atoms with Crippen LogP contribution in [-0.4, -0.2) is 11.7 Å². The van der Waals surface area contributed by atoms with Crippen LogP contribution in [0.3, 0.4) is 0 Å². The summed E-state index contributed by atoms with van der Waals surface area (Å²) < 4.78 is 0. The first kappa shape index (κ1) is 15.6. The number of carbonyl (C=O) groups excluding carboxylic acids is 2. The lowest BCUT2D eigenvalue weighted by Crippen LogP contribution is -2.25. The van der Waals surface area contributed by atoms with Gasteiger partial charge in [-0.3, -0.25) is 14.5 Å². The number of benzene rings is 2. The number of carbonyl (C=O) groups is 2. The van der Waals surface area contributed by atoms with Crippen molar-refractivity contribution in [1.82, 2.24) is 0 Å². The lowest BCUT2D eigenvalue weighted by Gasteiger charge is -2.17. The van der Waals surface area contributed by atoms with Crippen molar-refractivity contribution in [3.8, 4) is 0 Å². The number of ketones is 1. The average Bonchev–Trinajstić information content (AvgIpc) is 2.92. The highest BCUT2D eigenvalue weighted by molar-refractivity contribution is 8.04. The highest BCUT2D eigenvalue weighted by atomic mass is 32.2. The largest absolute Gasteiger partial charge is 0.295 e. The summed E-state index contributed by atoms with van der Waals surface area (Å²) in [5.74, 6) is 0.0116. The van der Waals surface area contributed by atoms with Gasteiger partial charge in [0.15, 0.2) is 5.78 Å². The minimum Gasteiger partial charge on any atom is -0.295 e. The van der Waals surface area contributed by atoms with E-state index in [4.69, 9.17) is 0 Å². The summed E-state index contributed by atoms with van der Waals surface area (Å²) in [6, 6.07) is 19.1. The van der Waals surface area contributed by atoms with Gasteiger partial charge in [-0.25, -0.2) is 0 Å². The van der Waals surface area contributed by atoms with E-state index in [2.05, 4.69) is 0 Å². The molecule has 3 nitrogen and oxygen atoms in total. The topological polar surface area (TPSA) is 37.4 Å². The van der Waals surface area contributed by atoms with Crippen molar-refractivity contribution in [2.45, 2.75) is 18.6 Å². The molecule has 0 N–H and O–H groups in total. The fourth-order valence-corrected chi connectivity index (χ4v) is 3.70. The highest BCUT2D eigenvalue weighted by Gasteiger charge is 2.38. The molecule has 0 radical (unpaired) electrons. The number of anilines is 1. The van der Waals surface area contributed by atoms with E-state index in [1.807, 2.05) is 67.6 Å². The Balaban J connectivity index is 2.02. The zero-order valence-electron chi connectivity index (χ0n) is 12.8. The minimum atomic E-state index is -0.313. The molecule has 1 fully saturated rings. The SMILES string of the molecule is CCC(=O)C=C1SC(c2ccccc2)C(=O)N1c1ccccc1. The fraction of sp³-hybridized carbons (Fsp3) is 0.158. The van der Waals surface area contributed by atoms with Gasteiger partial charge in [0, 0.05) is 18.2 Å². The maximum absolute atomic E-state index is 12.9. The van der Waals surface area contributed by atoms with Crippen molar-refractivity contribution in [2.24, 2.45) is 0 Å². The van der Waals surface area contributed by atoms with Gasteiger partial charge in [0.25, 0.3) is 0 Å². The summed E-state index contributed by atoms with van der Waals surface area (Å²) in [7, 11) is 0. The second-order valence-corrected chi connectivity index (χ2v) is 6.35. The Morgan fingerprint density at radius 3 is 2.30 bits per heavy atom. The van der Waals surface area contributed by atoms with Crippen molar-refractivity contribution < 1.29 is 9.59 Å². The molecule has 1 aliphatic rings. The molecule has 1 saturated heterocycles. The van der Waals surface area contributed by atoms with Crippen LogP contribution >= 0.6 is 11.8 Å². The molecule has 1 atom stereocenters. The van der Waals surface area contributed by atoms with Crippen molar-refractivity contribution >= 4 is 29.1 Å². The van der Waals surface area contributed by atoms with Crippen molar-refractivity contribution in [3.05, 3.63) is 77.3 Å². The van der Waals surface area contributed by atoms with Gasteiger partial charge in [0.1, 0.15) is 5.25 Å². The Hall–Kier alpha value is -2.33. The number of nitrogens with zero attached hydrogens (tertiary/aromatic N) is 1. The summed E-state index contributed by atoms with van der Waals surface area (Å²) in [5, 5.41) is 0.384. The predicted octanol–water partition coefficient (Wildman–Crippen LogP) is 4.33. The number of para-hydroxylation sites is 1. The van der Waals surface area contributed by atoms with Crippen molar-refractivity contribution in [2.75, 3.05) is 4.90 Å². The average molecular weight is 323 g/mol. The smallest absolute Gasteiger partial charge is 0.249 e. The first-order valence-electron chi connectivity index (χ1n) is 7.56. The van der Waals surface area contributed by atoms with E-state index in [0.29, 0.717) is 11.4 Å². The first-order chi connectivity index (χ1) is 11.2. The van der Waals surface area contributed by atoms with Gasteiger partial charge in [-0.1, -0.05) is 67.2 Å². The maximum Gasteiger partial charge on any atom is 0.249 e. The van der Waals surface area contributed by atoms with Gasteiger partial charge in [-0.05, 0) is 17.7 Å². The Kier molecular flexibility index (Phi) is 4.63. The number of allylic oxidation sites excluding steroid dienone is 1. The fourth-order valence-electron chi connectivity index (χ4n) is 2.46. The molecule has 1 unspecified atom stereocenters. The maximum atomic E-state index is 12.9. The zero-order valence-corrected chi connectivity index (χ0v) is 13.6. The van der Waals surface area contributed by atoms with E-state index in [1.54, 1.807) is 11.0 Å². The molecule has 0 aromatic heterocycles. The molecule has 1 heterocycles. The van der Waals surface area contributed by atoms with Crippen LogP contribution in [-0.2, 0) is 9.59 Å². The van der Waals surface area contributed by atoms with E-state index >= 15 is 0 Å². The summed E-state index contributed by atoms with van der Waals surface area (Å²) in [5.41, 5.74) is 1.74. The molecule has 0 aliphatic carbocycles. The van der Waals surface area contributed by atoms with E-state index in [9.17, 15) is 9.59 Å². The molecule has 2 aromatic rings. The van der Waals surface area contributed by atoms with Gasteiger partial charge in [-0.2, -0.15) is 0 Å². The molecule has 3 rings (SSSR count). The Bertz CT molecular complexity index is 740. The van der Waals surface area contributed by atoms with E-state index < -0.39 is 0 Å². The van der Waals surface area contributed by atoms with Crippen LogP contribution < -0.4 is 4.90 Å². The molecule has 1 aliphatic heterocycles. The third kappa shape index (κ3) is 3.22. The van der Waals surface area contributed by atoms with Gasteiger partial charge >= 0.3 is 0 Å². The Morgan fingerprint density at radius 2 is 1.70 bits per heavy atom. The lowest BCUT2D eigenvalue weighted by molar-refractivity contribution is -0.117. The van der Waals surface area contributed by atoms with Crippen molar-refractivity contribution in [1.29, 1.82) is 0 Å². The molecular weight excluding hydrogens is 306 g/mol. The van der Waals surface area contributed by atoms with Gasteiger partial charge in [-0.15, -0.1) is 0 Å². The van der Waals surface area contributed by atoms with Crippen LogP contribution in [0.5, 0.6) is 0 Å². The van der Waals surface area contributed by atoms with Crippen LogP contribution in [0.25, 0.3) is 0 Å². The van der Waals surface area contributed by atoms with Crippen LogP contribution in [0.4, 0.5) is 5.69 Å². The summed E-state index contributed by atoms with van der Waals surface area (Å²) in [4.78, 5) is 26.5. The summed E-state index contributed by atoms with van der Waals surface area (Å²) >= 11 is 1.44. The van der Waals surface area contributed by atoms with E-state index in [0.717, 1.165) is 11.3 Å². The standard InChI is InChI=1S/C19H17NO2S/c1-2-16(21)13-17-20(15-11-7-4-8-12-15)19(22)18(23-17)14-9-5-3-6-10-14/h3-13,18H,2H2,1H3. The molecule has 4 heteroatoms. The van der Waals surface area contributed by atoms with Gasteiger partial charge < -0.3 is 0 Å². The second kappa shape index (κ2) is 6.84. The zero-order chi connectivity index (χ0) is 16.2. The monoisotopic (exact) mass is 323 g/mol. The van der Waals surface area contributed by atoms with Crippen LogP contribution in [0, 0.1) is 0 Å². The Labute approximate surface area is 140 Å². The first-order valence-corrected chi connectivity index (χ1v) is 8.44. The number of amides is 1.